The van der Waals surface area contributed by atoms with E-state index >= 15 is 0 Å². The Morgan fingerprint density at radius 2 is 1.82 bits per heavy atom. The number of sulfonamides is 2. The van der Waals surface area contributed by atoms with E-state index < -0.39 is 31.6 Å². The van der Waals surface area contributed by atoms with Crippen LogP contribution in [0.2, 0.25) is 4.34 Å². The summed E-state index contributed by atoms with van der Waals surface area (Å²) in [6.45, 7) is 3.27. The molecule has 15 heteroatoms. The lowest BCUT2D eigenvalue weighted by atomic mass is 10.1. The fraction of sp³-hybridized carbons (Fsp3) is 0.130. The second-order valence-electron chi connectivity index (χ2n) is 8.42. The van der Waals surface area contributed by atoms with E-state index in [0.29, 0.717) is 34.7 Å². The van der Waals surface area contributed by atoms with Crippen molar-refractivity contribution in [3.8, 4) is 5.69 Å². The summed E-state index contributed by atoms with van der Waals surface area (Å²) in [6.07, 6.45) is 0.346. The molecular weight excluding hydrogens is 574 g/mol. The number of fused-ring (bicyclic) bond motifs is 2. The van der Waals surface area contributed by atoms with Gasteiger partial charge in [0.05, 0.1) is 25.8 Å². The second-order valence-corrected chi connectivity index (χ2v) is 13.6. The van der Waals surface area contributed by atoms with Crippen LogP contribution in [0, 0.1) is 6.92 Å². The molecule has 5 rings (SSSR count). The normalized spacial score (nSPS) is 14.6. The van der Waals surface area contributed by atoms with Crippen molar-refractivity contribution in [1.82, 2.24) is 14.3 Å². The quantitative estimate of drug-likeness (QED) is 0.367. The van der Waals surface area contributed by atoms with E-state index in [-0.39, 0.29) is 24.5 Å². The average molecular weight is 592 g/mol. The van der Waals surface area contributed by atoms with Crippen molar-refractivity contribution >= 4 is 71.3 Å². The van der Waals surface area contributed by atoms with E-state index in [2.05, 4.69) is 14.7 Å². The number of hydrogen-bond acceptors (Lipinski definition) is 8. The zero-order valence-electron chi connectivity index (χ0n) is 19.7. The highest BCUT2D eigenvalue weighted by atomic mass is 35.5. The number of aryl methyl sites for hydroxylation is 1. The van der Waals surface area contributed by atoms with Gasteiger partial charge in [0.1, 0.15) is 10.0 Å². The fourth-order valence-electron chi connectivity index (χ4n) is 4.08. The summed E-state index contributed by atoms with van der Waals surface area (Å²) >= 11 is 6.58. The molecule has 0 radical (unpaired) electrons. The first-order valence-electron chi connectivity index (χ1n) is 10.9. The molecule has 0 bridgehead atoms. The third kappa shape index (κ3) is 4.82. The van der Waals surface area contributed by atoms with Gasteiger partial charge in [-0.15, -0.1) is 11.3 Å². The van der Waals surface area contributed by atoms with E-state index in [4.69, 9.17) is 11.6 Å². The summed E-state index contributed by atoms with van der Waals surface area (Å²) in [7, 11) is -8.01. The van der Waals surface area contributed by atoms with Crippen LogP contribution >= 0.6 is 22.9 Å². The number of nitrogens with zero attached hydrogens (tertiary/aromatic N) is 3. The summed E-state index contributed by atoms with van der Waals surface area (Å²) < 4.78 is 56.8. The number of carbonyl (C=O) groups excluding carboxylic acids is 1. The number of nitrogens with one attached hydrogen (secondary N) is 2. The van der Waals surface area contributed by atoms with Crippen molar-refractivity contribution < 1.29 is 21.6 Å². The standard InChI is InChI=1S/C23H18ClN5O6S3/c1-12-9-14-10-18-17(11-19(14)37(32,33)27-12)22(30)29(13(2)25-18)16-5-3-15(4-6-16)26-23(31)28-38(34,35)21-8-7-20(24)36-21/h3-8,10-11H,9H2,1-2H3,(H2,26,28,31). The Labute approximate surface area is 225 Å². The predicted octanol–water partition coefficient (Wildman–Crippen LogP) is 3.63. The molecule has 1 aliphatic heterocycles. The average Bonchev–Trinajstić information content (AvgIpc) is 3.26. The first-order chi connectivity index (χ1) is 17.8. The topological polar surface area (TPSA) is 157 Å². The van der Waals surface area contributed by atoms with Crippen molar-refractivity contribution in [2.45, 2.75) is 29.4 Å². The van der Waals surface area contributed by atoms with Gasteiger partial charge in [-0.2, -0.15) is 12.8 Å². The third-order valence-electron chi connectivity index (χ3n) is 5.64. The van der Waals surface area contributed by atoms with E-state index in [0.717, 1.165) is 11.3 Å². The Morgan fingerprint density at radius 3 is 2.47 bits per heavy atom. The van der Waals surface area contributed by atoms with Crippen LogP contribution in [-0.2, 0) is 26.5 Å². The van der Waals surface area contributed by atoms with Crippen molar-refractivity contribution in [3.05, 3.63) is 74.6 Å². The summed E-state index contributed by atoms with van der Waals surface area (Å²) in [5.41, 5.74) is 1.55. The number of hydrogen-bond donors (Lipinski definition) is 2. The zero-order chi connectivity index (χ0) is 27.4. The molecule has 2 aromatic carbocycles. The zero-order valence-corrected chi connectivity index (χ0v) is 22.9. The van der Waals surface area contributed by atoms with E-state index in [1.54, 1.807) is 19.9 Å². The van der Waals surface area contributed by atoms with Gasteiger partial charge in [0, 0.05) is 17.8 Å². The Morgan fingerprint density at radius 1 is 1.11 bits per heavy atom. The van der Waals surface area contributed by atoms with Crippen LogP contribution in [0.1, 0.15) is 18.3 Å². The lowest BCUT2D eigenvalue weighted by Gasteiger charge is -2.16. The van der Waals surface area contributed by atoms with Gasteiger partial charge in [-0.3, -0.25) is 9.36 Å². The summed E-state index contributed by atoms with van der Waals surface area (Å²) in [4.78, 5) is 30.1. The maximum atomic E-state index is 13.4. The highest BCUT2D eigenvalue weighted by Gasteiger charge is 2.26. The van der Waals surface area contributed by atoms with Gasteiger partial charge in [0.15, 0.2) is 0 Å². The molecule has 2 aromatic heterocycles. The van der Waals surface area contributed by atoms with Crippen LogP contribution in [0.3, 0.4) is 0 Å². The molecule has 0 spiro atoms. The minimum Gasteiger partial charge on any atom is -0.307 e. The van der Waals surface area contributed by atoms with Gasteiger partial charge in [-0.05, 0) is 67.9 Å². The number of thiophene rings is 1. The molecule has 2 N–H and O–H groups in total. The van der Waals surface area contributed by atoms with Gasteiger partial charge in [-0.1, -0.05) is 11.6 Å². The number of aromatic nitrogens is 2. The molecule has 0 aliphatic carbocycles. The number of carbonyl (C=O) groups is 1. The second kappa shape index (κ2) is 9.31. The molecule has 4 aromatic rings. The number of anilines is 1. The van der Waals surface area contributed by atoms with E-state index in [1.165, 1.54) is 47.0 Å². The van der Waals surface area contributed by atoms with Crippen LogP contribution in [0.4, 0.5) is 10.5 Å². The molecule has 11 nitrogen and oxygen atoms in total. The number of urea groups is 1. The van der Waals surface area contributed by atoms with Crippen molar-refractivity contribution in [1.29, 1.82) is 0 Å². The molecule has 0 unspecified atom stereocenters. The molecular formula is C23H18ClN5O6S3. The van der Waals surface area contributed by atoms with Crippen LogP contribution in [0.25, 0.3) is 16.6 Å². The van der Waals surface area contributed by atoms with Gasteiger partial charge >= 0.3 is 6.03 Å². The minimum absolute atomic E-state index is 0.0183. The minimum atomic E-state index is -4.09. The van der Waals surface area contributed by atoms with Crippen molar-refractivity contribution in [2.24, 2.45) is 4.40 Å². The van der Waals surface area contributed by atoms with Gasteiger partial charge in [0.2, 0.25) is 0 Å². The lowest BCUT2D eigenvalue weighted by molar-refractivity contribution is 0.256. The number of rotatable bonds is 4. The van der Waals surface area contributed by atoms with Crippen molar-refractivity contribution in [2.75, 3.05) is 5.32 Å². The summed E-state index contributed by atoms with van der Waals surface area (Å²) in [5, 5.41) is 2.54. The maximum Gasteiger partial charge on any atom is 0.333 e. The summed E-state index contributed by atoms with van der Waals surface area (Å²) in [5.74, 6) is 0.366. The van der Waals surface area contributed by atoms with E-state index in [9.17, 15) is 26.4 Å². The van der Waals surface area contributed by atoms with Crippen LogP contribution in [0.15, 0.2) is 66.8 Å². The molecule has 0 atom stereocenters. The number of benzene rings is 2. The Kier molecular flexibility index (Phi) is 6.38. The third-order valence-corrected chi connectivity index (χ3v) is 10.2. The highest BCUT2D eigenvalue weighted by Crippen LogP contribution is 2.28. The number of halogens is 1. The molecule has 1 aliphatic rings. The largest absolute Gasteiger partial charge is 0.333 e. The highest BCUT2D eigenvalue weighted by molar-refractivity contribution is 7.92. The molecule has 2 amide bonds. The fourth-order valence-corrected chi connectivity index (χ4v) is 7.77. The molecule has 196 valence electrons. The SMILES string of the molecule is CC1=NS(=O)(=O)c2cc3c(=O)n(-c4ccc(NC(=O)NS(=O)(=O)c5ccc(Cl)s5)cc4)c(C)nc3cc2C1. The monoisotopic (exact) mass is 591 g/mol. The van der Waals surface area contributed by atoms with Crippen molar-refractivity contribution in [3.63, 3.8) is 0 Å². The van der Waals surface area contributed by atoms with Gasteiger partial charge in [-0.25, -0.2) is 22.9 Å². The predicted molar refractivity (Wildman–Crippen MR) is 145 cm³/mol. The van der Waals surface area contributed by atoms with Crippen LogP contribution in [0.5, 0.6) is 0 Å². The molecule has 3 heterocycles. The first kappa shape index (κ1) is 26.0. The lowest BCUT2D eigenvalue weighted by Crippen LogP contribution is -2.33. The summed E-state index contributed by atoms with van der Waals surface area (Å²) in [6, 6.07) is 10.7. The first-order valence-corrected chi connectivity index (χ1v) is 15.0. The smallest absolute Gasteiger partial charge is 0.307 e. The Balaban J connectivity index is 1.43. The van der Waals surface area contributed by atoms with Gasteiger partial charge in [0.25, 0.3) is 25.6 Å². The molecule has 0 saturated carbocycles. The molecule has 0 fully saturated rings. The van der Waals surface area contributed by atoms with Crippen LogP contribution in [-0.4, -0.2) is 38.1 Å². The van der Waals surface area contributed by atoms with Gasteiger partial charge < -0.3 is 5.32 Å². The molecule has 38 heavy (non-hydrogen) atoms. The Hall–Kier alpha value is -3.59. The van der Waals surface area contributed by atoms with Crippen LogP contribution < -0.4 is 15.6 Å². The number of amides is 2. The maximum absolute atomic E-state index is 13.4. The molecule has 0 saturated heterocycles. The van der Waals surface area contributed by atoms with E-state index in [1.807, 2.05) is 4.72 Å². The Bertz CT molecular complexity index is 1950.